The number of rotatable bonds is 2. The van der Waals surface area contributed by atoms with E-state index in [1.165, 1.54) is 0 Å². The van der Waals surface area contributed by atoms with Gasteiger partial charge in [0.2, 0.25) is 0 Å². The third-order valence-corrected chi connectivity index (χ3v) is 3.96. The second-order valence-corrected chi connectivity index (χ2v) is 5.20. The quantitative estimate of drug-likeness (QED) is 0.860. The van der Waals surface area contributed by atoms with Gasteiger partial charge in [-0.3, -0.25) is 9.68 Å². The first kappa shape index (κ1) is 13.6. The highest BCUT2D eigenvalue weighted by Gasteiger charge is 2.54. The van der Waals surface area contributed by atoms with Crippen LogP contribution in [0.2, 0.25) is 0 Å². The molecule has 3 saturated heterocycles. The molecule has 3 aliphatic heterocycles. The van der Waals surface area contributed by atoms with Crippen molar-refractivity contribution in [2.24, 2.45) is 0 Å². The largest absolute Gasteiger partial charge is 0.353 e. The molecule has 0 amide bonds. The molecule has 6 atom stereocenters. The van der Waals surface area contributed by atoms with Crippen LogP contribution in [0.1, 0.15) is 11.9 Å². The highest BCUT2D eigenvalue weighted by molar-refractivity contribution is 5.16. The van der Waals surface area contributed by atoms with E-state index >= 15 is 0 Å². The highest BCUT2D eigenvalue weighted by Crippen LogP contribution is 2.37. The van der Waals surface area contributed by atoms with Crippen LogP contribution < -0.4 is 5.64 Å². The average Bonchev–Trinajstić information content (AvgIpc) is 3.04. The van der Waals surface area contributed by atoms with Gasteiger partial charge in [-0.05, 0) is 0 Å². The van der Waals surface area contributed by atoms with Crippen LogP contribution in [0.5, 0.6) is 0 Å². The Morgan fingerprint density at radius 3 is 2.67 bits per heavy atom. The van der Waals surface area contributed by atoms with Gasteiger partial charge in [0.1, 0.15) is 18.3 Å². The summed E-state index contributed by atoms with van der Waals surface area (Å²) in [6.07, 6.45) is -2.14. The number of hydrogen-bond donors (Lipinski definition) is 1. The standard InChI is InChI=1S/C14H17NO6/c1-16-14-12-11(20-15-21-12)10-9(18-14)7-17-13(19-10)8-5-3-2-4-6-8/h2-6,9-15H,7H2,1H3/t9-,10-,11+,12+,13?,14+/m1/s1. The van der Waals surface area contributed by atoms with E-state index in [1.807, 2.05) is 30.3 Å². The first-order valence-corrected chi connectivity index (χ1v) is 6.93. The molecule has 1 aromatic carbocycles. The molecule has 4 rings (SSSR count). The number of benzene rings is 1. The Morgan fingerprint density at radius 2 is 1.86 bits per heavy atom. The first-order valence-electron chi connectivity index (χ1n) is 6.93. The lowest BCUT2D eigenvalue weighted by Gasteiger charge is -2.44. The lowest BCUT2D eigenvalue weighted by Crippen LogP contribution is -2.61. The minimum absolute atomic E-state index is 0.250. The zero-order valence-corrected chi connectivity index (χ0v) is 11.5. The summed E-state index contributed by atoms with van der Waals surface area (Å²) < 4.78 is 22.9. The Balaban J connectivity index is 1.54. The molecule has 1 aromatic rings. The van der Waals surface area contributed by atoms with E-state index in [0.717, 1.165) is 5.56 Å². The van der Waals surface area contributed by atoms with Gasteiger partial charge < -0.3 is 18.9 Å². The van der Waals surface area contributed by atoms with Gasteiger partial charge in [0.05, 0.1) is 6.61 Å². The zero-order valence-electron chi connectivity index (χ0n) is 11.5. The Morgan fingerprint density at radius 1 is 1.05 bits per heavy atom. The molecule has 0 bridgehead atoms. The maximum absolute atomic E-state index is 6.04. The molecule has 3 aliphatic rings. The fraction of sp³-hybridized carbons (Fsp3) is 0.571. The Labute approximate surface area is 121 Å². The molecule has 0 aromatic heterocycles. The Bertz CT molecular complexity index is 486. The summed E-state index contributed by atoms with van der Waals surface area (Å²) in [7, 11) is 1.57. The normalized spacial score (nSPS) is 42.3. The Hall–Kier alpha value is -1.06. The van der Waals surface area contributed by atoms with Crippen molar-refractivity contribution in [3.05, 3.63) is 35.9 Å². The summed E-state index contributed by atoms with van der Waals surface area (Å²) in [6.45, 7) is 0.413. The predicted molar refractivity (Wildman–Crippen MR) is 68.6 cm³/mol. The van der Waals surface area contributed by atoms with Crippen molar-refractivity contribution in [1.82, 2.24) is 5.64 Å². The summed E-state index contributed by atoms with van der Waals surface area (Å²) in [6, 6.07) is 9.79. The summed E-state index contributed by atoms with van der Waals surface area (Å²) in [4.78, 5) is 10.7. The van der Waals surface area contributed by atoms with Gasteiger partial charge in [-0.25, -0.2) is 0 Å². The molecular weight excluding hydrogens is 278 g/mol. The highest BCUT2D eigenvalue weighted by atomic mass is 17.0. The Kier molecular flexibility index (Phi) is 3.64. The van der Waals surface area contributed by atoms with Crippen LogP contribution in [0.25, 0.3) is 0 Å². The van der Waals surface area contributed by atoms with E-state index in [4.69, 9.17) is 28.6 Å². The number of nitrogens with one attached hydrogen (secondary N) is 1. The topological polar surface area (TPSA) is 67.4 Å². The smallest absolute Gasteiger partial charge is 0.188 e. The summed E-state index contributed by atoms with van der Waals surface area (Å²) >= 11 is 0. The summed E-state index contributed by atoms with van der Waals surface area (Å²) in [5, 5.41) is 0. The van der Waals surface area contributed by atoms with Gasteiger partial charge in [-0.2, -0.15) is 0 Å². The third-order valence-electron chi connectivity index (χ3n) is 3.96. The molecule has 1 N–H and O–H groups in total. The fourth-order valence-corrected chi connectivity index (χ4v) is 2.91. The molecule has 0 saturated carbocycles. The monoisotopic (exact) mass is 295 g/mol. The SMILES string of the molecule is CO[C@H]1O[C@@H]2COC(c3ccccc3)O[C@H]2[C@@H]2ONO[C@H]12. The molecule has 114 valence electrons. The van der Waals surface area contributed by atoms with E-state index < -0.39 is 12.6 Å². The van der Waals surface area contributed by atoms with Crippen LogP contribution >= 0.6 is 0 Å². The molecular formula is C14H17NO6. The molecule has 7 nitrogen and oxygen atoms in total. The molecule has 0 radical (unpaired) electrons. The first-order chi connectivity index (χ1) is 10.4. The maximum atomic E-state index is 6.04. The fourth-order valence-electron chi connectivity index (χ4n) is 2.91. The number of hydrogen-bond acceptors (Lipinski definition) is 7. The van der Waals surface area contributed by atoms with E-state index in [9.17, 15) is 0 Å². The lowest BCUT2D eigenvalue weighted by atomic mass is 9.98. The van der Waals surface area contributed by atoms with Gasteiger partial charge in [0.25, 0.3) is 0 Å². The number of methoxy groups -OCH3 is 1. The van der Waals surface area contributed by atoms with Crippen molar-refractivity contribution >= 4 is 0 Å². The minimum Gasteiger partial charge on any atom is -0.353 e. The van der Waals surface area contributed by atoms with Crippen molar-refractivity contribution < 1.29 is 28.6 Å². The summed E-state index contributed by atoms with van der Waals surface area (Å²) in [5.74, 6) is 0. The van der Waals surface area contributed by atoms with Crippen molar-refractivity contribution in [2.75, 3.05) is 13.7 Å². The van der Waals surface area contributed by atoms with Crippen LogP contribution in [-0.4, -0.2) is 44.4 Å². The zero-order chi connectivity index (χ0) is 14.2. The molecule has 3 fully saturated rings. The van der Waals surface area contributed by atoms with E-state index in [-0.39, 0.29) is 24.4 Å². The average molecular weight is 295 g/mol. The molecule has 1 unspecified atom stereocenters. The number of fused-ring (bicyclic) bond motifs is 3. The van der Waals surface area contributed by atoms with Crippen LogP contribution in [0.3, 0.4) is 0 Å². The van der Waals surface area contributed by atoms with Gasteiger partial charge >= 0.3 is 0 Å². The second kappa shape index (κ2) is 5.62. The molecule has 7 heteroatoms. The van der Waals surface area contributed by atoms with Crippen molar-refractivity contribution in [1.29, 1.82) is 0 Å². The minimum atomic E-state index is -0.508. The van der Waals surface area contributed by atoms with Crippen molar-refractivity contribution in [3.8, 4) is 0 Å². The molecule has 0 spiro atoms. The molecule has 21 heavy (non-hydrogen) atoms. The van der Waals surface area contributed by atoms with Crippen LogP contribution in [0.15, 0.2) is 30.3 Å². The summed E-state index contributed by atoms with van der Waals surface area (Å²) in [5.41, 5.74) is 3.40. The van der Waals surface area contributed by atoms with Gasteiger partial charge in [-0.15, -0.1) is 0 Å². The van der Waals surface area contributed by atoms with Crippen LogP contribution in [0.4, 0.5) is 0 Å². The van der Waals surface area contributed by atoms with E-state index in [2.05, 4.69) is 5.64 Å². The van der Waals surface area contributed by atoms with Crippen LogP contribution in [0, 0.1) is 0 Å². The lowest BCUT2D eigenvalue weighted by molar-refractivity contribution is -0.343. The molecule has 3 heterocycles. The van der Waals surface area contributed by atoms with Gasteiger partial charge in [0.15, 0.2) is 18.7 Å². The van der Waals surface area contributed by atoms with Crippen molar-refractivity contribution in [3.63, 3.8) is 0 Å². The van der Waals surface area contributed by atoms with Crippen molar-refractivity contribution in [2.45, 2.75) is 37.0 Å². The van der Waals surface area contributed by atoms with E-state index in [0.29, 0.717) is 6.61 Å². The van der Waals surface area contributed by atoms with E-state index in [1.54, 1.807) is 7.11 Å². The second-order valence-electron chi connectivity index (χ2n) is 5.20. The third kappa shape index (κ3) is 2.36. The van der Waals surface area contributed by atoms with Gasteiger partial charge in [0, 0.05) is 12.7 Å². The van der Waals surface area contributed by atoms with Crippen LogP contribution in [-0.2, 0) is 28.6 Å². The predicted octanol–water partition coefficient (Wildman–Crippen LogP) is 0.675. The van der Waals surface area contributed by atoms with Gasteiger partial charge in [-0.1, -0.05) is 36.0 Å². The maximum Gasteiger partial charge on any atom is 0.188 e. The number of ether oxygens (including phenoxy) is 4. The molecule has 0 aliphatic carbocycles.